The lowest BCUT2D eigenvalue weighted by Gasteiger charge is -2.35. The van der Waals surface area contributed by atoms with Crippen molar-refractivity contribution in [1.82, 2.24) is 29.7 Å². The van der Waals surface area contributed by atoms with Gasteiger partial charge in [-0.25, -0.2) is 19.9 Å². The number of amidine groups is 1. The third kappa shape index (κ3) is 6.45. The standard InChI is InChI=1S/C32H37N7S/c1-6-28(25-13-16-39(17-14-25)22(2)3)36-23(4)37-31-26(18-24-10-8-7-9-11-24)19-27(20-34-31)40-29-12-15-33-32-30(29)35-21-38(32)5/h6-12,15,19-21,25H,2,13-14,16-18H2,1,3-5H3,(H,34,36,37)/b28-6-. The van der Waals surface area contributed by atoms with Gasteiger partial charge in [0.15, 0.2) is 11.5 Å². The fourth-order valence-corrected chi connectivity index (χ4v) is 6.11. The normalized spacial score (nSPS) is 15.1. The maximum Gasteiger partial charge on any atom is 0.160 e. The average Bonchev–Trinajstić information content (AvgIpc) is 3.35. The number of rotatable bonds is 8. The van der Waals surface area contributed by atoms with Crippen LogP contribution in [0.2, 0.25) is 0 Å². The Morgan fingerprint density at radius 2 is 1.90 bits per heavy atom. The molecule has 4 heterocycles. The Labute approximate surface area is 241 Å². The van der Waals surface area contributed by atoms with Crippen LogP contribution in [0, 0.1) is 5.92 Å². The number of imidazole rings is 1. The van der Waals surface area contributed by atoms with Gasteiger partial charge in [0.1, 0.15) is 11.4 Å². The van der Waals surface area contributed by atoms with Crippen LogP contribution in [0.3, 0.4) is 0 Å². The fraction of sp³-hybridized carbons (Fsp3) is 0.312. The molecule has 0 unspecified atom stereocenters. The first-order chi connectivity index (χ1) is 19.4. The Morgan fingerprint density at radius 1 is 1.12 bits per heavy atom. The smallest absolute Gasteiger partial charge is 0.160 e. The number of nitrogens with zero attached hydrogens (tertiary/aromatic N) is 6. The van der Waals surface area contributed by atoms with E-state index in [9.17, 15) is 0 Å². The van der Waals surface area contributed by atoms with Crippen LogP contribution >= 0.6 is 11.8 Å². The summed E-state index contributed by atoms with van der Waals surface area (Å²) >= 11 is 1.66. The third-order valence-electron chi connectivity index (χ3n) is 7.33. The summed E-state index contributed by atoms with van der Waals surface area (Å²) in [5, 5.41) is 3.60. The van der Waals surface area contributed by atoms with E-state index in [-0.39, 0.29) is 0 Å². The zero-order valence-corrected chi connectivity index (χ0v) is 24.6. The lowest BCUT2D eigenvalue weighted by atomic mass is 9.93. The zero-order chi connectivity index (χ0) is 28.1. The molecule has 1 aromatic carbocycles. The van der Waals surface area contributed by atoms with E-state index in [1.807, 2.05) is 43.1 Å². The van der Waals surface area contributed by atoms with Crippen molar-refractivity contribution in [2.45, 2.75) is 49.8 Å². The summed E-state index contributed by atoms with van der Waals surface area (Å²) in [5.74, 6) is 2.08. The molecule has 5 rings (SSSR count). The van der Waals surface area contributed by atoms with Gasteiger partial charge >= 0.3 is 0 Å². The molecule has 206 valence electrons. The summed E-state index contributed by atoms with van der Waals surface area (Å²) in [7, 11) is 1.96. The molecule has 0 spiro atoms. The van der Waals surface area contributed by atoms with Gasteiger partial charge in [0.25, 0.3) is 0 Å². The number of benzene rings is 1. The predicted octanol–water partition coefficient (Wildman–Crippen LogP) is 6.89. The molecule has 0 bridgehead atoms. The maximum atomic E-state index is 4.98. The van der Waals surface area contributed by atoms with E-state index in [1.165, 1.54) is 11.3 Å². The van der Waals surface area contributed by atoms with Crippen molar-refractivity contribution in [3.05, 3.63) is 96.4 Å². The van der Waals surface area contributed by atoms with Crippen molar-refractivity contribution in [1.29, 1.82) is 0 Å². The van der Waals surface area contributed by atoms with Gasteiger partial charge in [-0.2, -0.15) is 0 Å². The third-order valence-corrected chi connectivity index (χ3v) is 8.34. The molecule has 8 heteroatoms. The number of aromatic nitrogens is 4. The Morgan fingerprint density at radius 3 is 2.62 bits per heavy atom. The van der Waals surface area contributed by atoms with E-state index in [1.54, 1.807) is 18.1 Å². The number of hydrogen-bond donors (Lipinski definition) is 1. The van der Waals surface area contributed by atoms with Crippen molar-refractivity contribution in [3.8, 4) is 0 Å². The first-order valence-corrected chi connectivity index (χ1v) is 14.6. The monoisotopic (exact) mass is 551 g/mol. The number of aryl methyl sites for hydroxylation is 1. The largest absolute Gasteiger partial charge is 0.375 e. The fourth-order valence-electron chi connectivity index (χ4n) is 5.18. The first-order valence-electron chi connectivity index (χ1n) is 13.8. The Kier molecular flexibility index (Phi) is 8.65. The molecule has 7 nitrogen and oxygen atoms in total. The quantitative estimate of drug-likeness (QED) is 0.190. The van der Waals surface area contributed by atoms with Crippen LogP contribution in [0.4, 0.5) is 5.82 Å². The second-order valence-corrected chi connectivity index (χ2v) is 11.4. The molecule has 1 fully saturated rings. The average molecular weight is 552 g/mol. The summed E-state index contributed by atoms with van der Waals surface area (Å²) in [4.78, 5) is 23.3. The van der Waals surface area contributed by atoms with Crippen LogP contribution in [0.25, 0.3) is 11.2 Å². The highest BCUT2D eigenvalue weighted by Crippen LogP contribution is 2.34. The highest BCUT2D eigenvalue weighted by Gasteiger charge is 2.22. The molecule has 3 aromatic heterocycles. The molecule has 0 aliphatic carbocycles. The molecule has 0 atom stereocenters. The molecule has 4 aromatic rings. The molecule has 1 N–H and O–H groups in total. The number of pyridine rings is 2. The highest BCUT2D eigenvalue weighted by molar-refractivity contribution is 7.99. The molecular weight excluding hydrogens is 514 g/mol. The van der Waals surface area contributed by atoms with Gasteiger partial charge < -0.3 is 14.8 Å². The minimum atomic E-state index is 0.491. The van der Waals surface area contributed by atoms with Crippen molar-refractivity contribution < 1.29 is 0 Å². The van der Waals surface area contributed by atoms with Crippen molar-refractivity contribution in [3.63, 3.8) is 0 Å². The molecule has 0 saturated carbocycles. The second-order valence-electron chi connectivity index (χ2n) is 10.3. The van der Waals surface area contributed by atoms with Crippen molar-refractivity contribution in [2.24, 2.45) is 18.0 Å². The summed E-state index contributed by atoms with van der Waals surface area (Å²) < 4.78 is 1.94. The second kappa shape index (κ2) is 12.5. The van der Waals surface area contributed by atoms with Crippen LogP contribution < -0.4 is 5.32 Å². The van der Waals surface area contributed by atoms with E-state index >= 15 is 0 Å². The van der Waals surface area contributed by atoms with E-state index in [0.29, 0.717) is 5.92 Å². The van der Waals surface area contributed by atoms with E-state index < -0.39 is 0 Å². The van der Waals surface area contributed by atoms with Crippen LogP contribution in [0.5, 0.6) is 0 Å². The minimum Gasteiger partial charge on any atom is -0.375 e. The molecule has 1 saturated heterocycles. The molecule has 1 aliphatic rings. The van der Waals surface area contributed by atoms with Crippen LogP contribution in [-0.4, -0.2) is 43.3 Å². The highest BCUT2D eigenvalue weighted by atomic mass is 32.2. The number of fused-ring (bicyclic) bond motifs is 1. The first kappa shape index (κ1) is 27.6. The summed E-state index contributed by atoms with van der Waals surface area (Å²) in [6.45, 7) is 12.4. The maximum absolute atomic E-state index is 4.98. The van der Waals surface area contributed by atoms with Crippen molar-refractivity contribution in [2.75, 3.05) is 13.1 Å². The molecule has 0 radical (unpaired) electrons. The molecule has 1 aliphatic heterocycles. The zero-order valence-electron chi connectivity index (χ0n) is 23.8. The van der Waals surface area contributed by atoms with Gasteiger partial charge in [0, 0.05) is 71.6 Å². The lowest BCUT2D eigenvalue weighted by Crippen LogP contribution is -2.36. The van der Waals surface area contributed by atoms with Gasteiger partial charge in [-0.1, -0.05) is 54.7 Å². The van der Waals surface area contributed by atoms with Crippen LogP contribution in [-0.2, 0) is 13.5 Å². The predicted molar refractivity (Wildman–Crippen MR) is 165 cm³/mol. The van der Waals surface area contributed by atoms with E-state index in [4.69, 9.17) is 9.98 Å². The number of aliphatic imine (C=N–C) groups is 1. The topological polar surface area (TPSA) is 71.2 Å². The SMILES string of the molecule is C=C(C)N1CCC(/C(=C/C)N/C(C)=N/c2ncc(Sc3ccnc4c3ncn4C)cc2Cc2ccccc2)CC1. The van der Waals surface area contributed by atoms with Gasteiger partial charge in [0.05, 0.1) is 6.33 Å². The lowest BCUT2D eigenvalue weighted by molar-refractivity contribution is 0.244. The minimum absolute atomic E-state index is 0.491. The van der Waals surface area contributed by atoms with Gasteiger partial charge in [-0.05, 0) is 51.3 Å². The van der Waals surface area contributed by atoms with E-state index in [2.05, 4.69) is 77.0 Å². The number of allylic oxidation sites excluding steroid dienone is 3. The Balaban J connectivity index is 1.39. The number of piperidine rings is 1. The Bertz CT molecular complexity index is 1550. The molecular formula is C32H37N7S. The number of hydrogen-bond acceptors (Lipinski definition) is 6. The summed E-state index contributed by atoms with van der Waals surface area (Å²) in [6, 6.07) is 14.7. The van der Waals surface area contributed by atoms with Gasteiger partial charge in [0.2, 0.25) is 0 Å². The van der Waals surface area contributed by atoms with Crippen molar-refractivity contribution >= 4 is 34.6 Å². The Hall–Kier alpha value is -3.91. The van der Waals surface area contributed by atoms with E-state index in [0.717, 1.165) is 76.2 Å². The van der Waals surface area contributed by atoms with Crippen LogP contribution in [0.15, 0.2) is 100 Å². The molecule has 0 amide bonds. The van der Waals surface area contributed by atoms with Crippen LogP contribution in [0.1, 0.15) is 44.7 Å². The van der Waals surface area contributed by atoms with Gasteiger partial charge in [-0.3, -0.25) is 0 Å². The summed E-state index contributed by atoms with van der Waals surface area (Å²) in [6.07, 6.45) is 10.7. The number of nitrogens with one attached hydrogen (secondary N) is 1. The van der Waals surface area contributed by atoms with Gasteiger partial charge in [-0.15, -0.1) is 0 Å². The molecule has 40 heavy (non-hydrogen) atoms. The number of likely N-dealkylation sites (tertiary alicyclic amines) is 1. The summed E-state index contributed by atoms with van der Waals surface area (Å²) in [5.41, 5.74) is 6.46.